The number of carbonyl (C=O) groups is 1. The molecule has 6 heteroatoms. The number of nitrogens with one attached hydrogen (secondary N) is 1. The van der Waals surface area contributed by atoms with Gasteiger partial charge in [-0.1, -0.05) is 0 Å². The SMILES string of the molecule is Cc1cc(-c2csc(NC(=O)C=Cc3ccco3)n2)c(C)s1. The highest BCUT2D eigenvalue weighted by Gasteiger charge is 2.10. The summed E-state index contributed by atoms with van der Waals surface area (Å²) in [5, 5.41) is 5.31. The van der Waals surface area contributed by atoms with Crippen LogP contribution in [-0.2, 0) is 4.79 Å². The van der Waals surface area contributed by atoms with Gasteiger partial charge < -0.3 is 4.42 Å². The Morgan fingerprint density at radius 2 is 2.27 bits per heavy atom. The molecule has 3 aromatic heterocycles. The van der Waals surface area contributed by atoms with E-state index in [2.05, 4.69) is 30.2 Å². The van der Waals surface area contributed by atoms with Crippen molar-refractivity contribution in [1.29, 1.82) is 0 Å². The topological polar surface area (TPSA) is 55.1 Å². The van der Waals surface area contributed by atoms with E-state index in [1.165, 1.54) is 27.2 Å². The van der Waals surface area contributed by atoms with Gasteiger partial charge in [-0.15, -0.1) is 22.7 Å². The zero-order valence-electron chi connectivity index (χ0n) is 12.1. The minimum Gasteiger partial charge on any atom is -0.465 e. The van der Waals surface area contributed by atoms with E-state index in [0.29, 0.717) is 10.9 Å². The first-order valence-electron chi connectivity index (χ1n) is 6.67. The minimum atomic E-state index is -0.226. The average Bonchev–Trinajstić information content (AvgIpc) is 3.18. The van der Waals surface area contributed by atoms with Crippen LogP contribution in [0.15, 0.2) is 40.3 Å². The van der Waals surface area contributed by atoms with Crippen LogP contribution in [0.3, 0.4) is 0 Å². The molecule has 4 nitrogen and oxygen atoms in total. The Morgan fingerprint density at radius 3 is 2.95 bits per heavy atom. The maximum atomic E-state index is 11.9. The summed E-state index contributed by atoms with van der Waals surface area (Å²) < 4.78 is 5.13. The summed E-state index contributed by atoms with van der Waals surface area (Å²) in [6, 6.07) is 5.68. The number of hydrogen-bond donors (Lipinski definition) is 1. The van der Waals surface area contributed by atoms with Gasteiger partial charge in [0, 0.05) is 26.8 Å². The first-order valence-corrected chi connectivity index (χ1v) is 8.37. The van der Waals surface area contributed by atoms with Crippen molar-refractivity contribution >= 4 is 39.8 Å². The Bertz CT molecular complexity index is 813. The van der Waals surface area contributed by atoms with Gasteiger partial charge in [-0.25, -0.2) is 4.98 Å². The van der Waals surface area contributed by atoms with Crippen molar-refractivity contribution in [3.8, 4) is 11.3 Å². The first kappa shape index (κ1) is 14.7. The van der Waals surface area contributed by atoms with Crippen molar-refractivity contribution in [2.24, 2.45) is 0 Å². The zero-order valence-corrected chi connectivity index (χ0v) is 13.8. The van der Waals surface area contributed by atoms with Crippen LogP contribution in [0.4, 0.5) is 5.13 Å². The fourth-order valence-corrected chi connectivity index (χ4v) is 3.68. The highest BCUT2D eigenvalue weighted by Crippen LogP contribution is 2.32. The zero-order chi connectivity index (χ0) is 15.5. The largest absolute Gasteiger partial charge is 0.465 e. The Morgan fingerprint density at radius 1 is 1.41 bits per heavy atom. The van der Waals surface area contributed by atoms with Crippen molar-refractivity contribution in [1.82, 2.24) is 4.98 Å². The van der Waals surface area contributed by atoms with Crippen LogP contribution in [0, 0.1) is 13.8 Å². The molecule has 0 aromatic carbocycles. The van der Waals surface area contributed by atoms with Crippen LogP contribution in [-0.4, -0.2) is 10.9 Å². The number of amides is 1. The van der Waals surface area contributed by atoms with Crippen LogP contribution >= 0.6 is 22.7 Å². The van der Waals surface area contributed by atoms with Gasteiger partial charge in [-0.3, -0.25) is 10.1 Å². The maximum Gasteiger partial charge on any atom is 0.250 e. The summed E-state index contributed by atoms with van der Waals surface area (Å²) in [7, 11) is 0. The molecule has 0 aliphatic heterocycles. The second-order valence-corrected chi connectivity index (χ2v) is 7.02. The first-order chi connectivity index (χ1) is 10.6. The van der Waals surface area contributed by atoms with E-state index in [9.17, 15) is 4.79 Å². The molecule has 0 aliphatic carbocycles. The van der Waals surface area contributed by atoms with E-state index < -0.39 is 0 Å². The average molecular weight is 330 g/mol. The van der Waals surface area contributed by atoms with Crippen molar-refractivity contribution < 1.29 is 9.21 Å². The molecule has 0 aliphatic rings. The number of aryl methyl sites for hydroxylation is 2. The molecular weight excluding hydrogens is 316 g/mol. The van der Waals surface area contributed by atoms with E-state index in [1.807, 2.05) is 5.38 Å². The van der Waals surface area contributed by atoms with E-state index >= 15 is 0 Å². The van der Waals surface area contributed by atoms with Crippen LogP contribution < -0.4 is 5.32 Å². The molecule has 0 saturated heterocycles. The summed E-state index contributed by atoms with van der Waals surface area (Å²) >= 11 is 3.17. The molecule has 22 heavy (non-hydrogen) atoms. The van der Waals surface area contributed by atoms with E-state index in [1.54, 1.807) is 35.8 Å². The number of carbonyl (C=O) groups excluding carboxylic acids is 1. The minimum absolute atomic E-state index is 0.226. The predicted octanol–water partition coefficient (Wildman–Crippen LogP) is 4.73. The van der Waals surface area contributed by atoms with Gasteiger partial charge in [0.05, 0.1) is 12.0 Å². The molecular formula is C16H14N2O2S2. The van der Waals surface area contributed by atoms with Crippen LogP contribution in [0.25, 0.3) is 17.3 Å². The van der Waals surface area contributed by atoms with Crippen LogP contribution in [0.2, 0.25) is 0 Å². The molecule has 1 amide bonds. The normalized spacial score (nSPS) is 11.2. The molecule has 0 spiro atoms. The van der Waals surface area contributed by atoms with Gasteiger partial charge in [-0.2, -0.15) is 0 Å². The molecule has 0 unspecified atom stereocenters. The highest BCUT2D eigenvalue weighted by atomic mass is 32.1. The Balaban J connectivity index is 1.69. The van der Waals surface area contributed by atoms with Crippen molar-refractivity contribution in [2.75, 3.05) is 5.32 Å². The lowest BCUT2D eigenvalue weighted by atomic mass is 10.2. The van der Waals surface area contributed by atoms with E-state index in [-0.39, 0.29) is 5.91 Å². The van der Waals surface area contributed by atoms with Crippen molar-refractivity contribution in [2.45, 2.75) is 13.8 Å². The number of furan rings is 1. The third-order valence-electron chi connectivity index (χ3n) is 2.99. The smallest absolute Gasteiger partial charge is 0.250 e. The number of anilines is 1. The van der Waals surface area contributed by atoms with Gasteiger partial charge in [0.2, 0.25) is 5.91 Å². The summed E-state index contributed by atoms with van der Waals surface area (Å²) in [4.78, 5) is 18.8. The Kier molecular flexibility index (Phi) is 4.22. The molecule has 3 aromatic rings. The van der Waals surface area contributed by atoms with Gasteiger partial charge in [0.15, 0.2) is 5.13 Å². The number of thiophene rings is 1. The lowest BCUT2D eigenvalue weighted by Gasteiger charge is -1.96. The molecule has 0 fully saturated rings. The van der Waals surface area contributed by atoms with Gasteiger partial charge >= 0.3 is 0 Å². The highest BCUT2D eigenvalue weighted by molar-refractivity contribution is 7.14. The standard InChI is InChI=1S/C16H14N2O2S2/c1-10-8-13(11(2)22-10)14-9-21-16(17-14)18-15(19)6-5-12-4-3-7-20-12/h3-9H,1-2H3,(H,17,18,19). The predicted molar refractivity (Wildman–Crippen MR) is 91.3 cm³/mol. The number of hydrogen-bond acceptors (Lipinski definition) is 5. The lowest BCUT2D eigenvalue weighted by Crippen LogP contribution is -2.07. The lowest BCUT2D eigenvalue weighted by molar-refractivity contribution is -0.111. The second kappa shape index (κ2) is 6.29. The summed E-state index contributed by atoms with van der Waals surface area (Å²) in [6.07, 6.45) is 4.62. The van der Waals surface area contributed by atoms with Crippen molar-refractivity contribution in [3.63, 3.8) is 0 Å². The molecule has 0 saturated carbocycles. The second-order valence-electron chi connectivity index (χ2n) is 4.70. The number of rotatable bonds is 4. The molecule has 0 radical (unpaired) electrons. The maximum absolute atomic E-state index is 11.9. The number of nitrogens with zero attached hydrogens (tertiary/aromatic N) is 1. The van der Waals surface area contributed by atoms with E-state index in [4.69, 9.17) is 4.42 Å². The van der Waals surface area contributed by atoms with Gasteiger partial charge in [0.25, 0.3) is 0 Å². The quantitative estimate of drug-likeness (QED) is 0.703. The molecule has 3 rings (SSSR count). The fourth-order valence-electron chi connectivity index (χ4n) is 2.03. The van der Waals surface area contributed by atoms with Gasteiger partial charge in [-0.05, 0) is 38.1 Å². The van der Waals surface area contributed by atoms with Crippen molar-refractivity contribution in [3.05, 3.63) is 51.4 Å². The summed E-state index contributed by atoms with van der Waals surface area (Å²) in [6.45, 7) is 4.16. The van der Waals surface area contributed by atoms with Gasteiger partial charge in [0.1, 0.15) is 5.76 Å². The molecule has 112 valence electrons. The molecule has 0 bridgehead atoms. The monoisotopic (exact) mass is 330 g/mol. The molecule has 1 N–H and O–H groups in total. The van der Waals surface area contributed by atoms with E-state index in [0.717, 1.165) is 11.3 Å². The summed E-state index contributed by atoms with van der Waals surface area (Å²) in [5.41, 5.74) is 2.03. The third-order valence-corrected chi connectivity index (χ3v) is 4.72. The molecule has 0 atom stereocenters. The van der Waals surface area contributed by atoms with Crippen LogP contribution in [0.5, 0.6) is 0 Å². The Labute approximate surface area is 136 Å². The fraction of sp³-hybridized carbons (Fsp3) is 0.125. The Hall–Kier alpha value is -2.18. The molecule has 3 heterocycles. The van der Waals surface area contributed by atoms with Crippen LogP contribution in [0.1, 0.15) is 15.5 Å². The number of aromatic nitrogens is 1. The summed E-state index contributed by atoms with van der Waals surface area (Å²) in [5.74, 6) is 0.412. The third kappa shape index (κ3) is 3.35. The number of thiazole rings is 1.